The van der Waals surface area contributed by atoms with Crippen LogP contribution in [0.15, 0.2) is 10.6 Å². The number of hydrogen-bond acceptors (Lipinski definition) is 4. The van der Waals surface area contributed by atoms with Gasteiger partial charge in [0.05, 0.1) is 12.7 Å². The summed E-state index contributed by atoms with van der Waals surface area (Å²) in [6.07, 6.45) is 4.07. The van der Waals surface area contributed by atoms with E-state index in [4.69, 9.17) is 4.42 Å². The van der Waals surface area contributed by atoms with E-state index in [0.29, 0.717) is 30.4 Å². The molecule has 3 N–H and O–H groups in total. The van der Waals surface area contributed by atoms with Crippen LogP contribution in [0.3, 0.4) is 0 Å². The van der Waals surface area contributed by atoms with Crippen molar-refractivity contribution >= 4 is 12.0 Å². The van der Waals surface area contributed by atoms with Crippen LogP contribution in [0.1, 0.15) is 44.3 Å². The molecule has 1 aromatic rings. The topological polar surface area (TPSA) is 104 Å². The van der Waals surface area contributed by atoms with E-state index in [1.165, 1.54) is 0 Å². The summed E-state index contributed by atoms with van der Waals surface area (Å²) in [6, 6.07) is -0.511. The number of nitrogens with zero attached hydrogens (tertiary/aromatic N) is 1. The second-order valence-electron chi connectivity index (χ2n) is 5.74. The Balaban J connectivity index is 1.91. The van der Waals surface area contributed by atoms with Gasteiger partial charge in [0.1, 0.15) is 11.3 Å². The minimum absolute atomic E-state index is 0.131. The van der Waals surface area contributed by atoms with Crippen molar-refractivity contribution in [2.75, 3.05) is 0 Å². The zero-order chi connectivity index (χ0) is 15.5. The van der Waals surface area contributed by atoms with Crippen LogP contribution in [0, 0.1) is 12.8 Å². The molecule has 0 aliphatic heterocycles. The number of aliphatic carboxylic acids is 1. The Morgan fingerprint density at radius 2 is 2.14 bits per heavy atom. The van der Waals surface area contributed by atoms with Gasteiger partial charge in [-0.2, -0.15) is 0 Å². The van der Waals surface area contributed by atoms with Gasteiger partial charge in [-0.25, -0.2) is 14.6 Å². The third-order valence-electron chi connectivity index (χ3n) is 3.96. The molecule has 1 heterocycles. The Bertz CT molecular complexity index is 518. The van der Waals surface area contributed by atoms with E-state index in [0.717, 1.165) is 12.8 Å². The highest BCUT2D eigenvalue weighted by molar-refractivity contribution is 5.86. The van der Waals surface area contributed by atoms with E-state index in [1.54, 1.807) is 13.1 Å². The van der Waals surface area contributed by atoms with E-state index >= 15 is 0 Å². The molecule has 0 aromatic carbocycles. The van der Waals surface area contributed by atoms with Crippen molar-refractivity contribution in [2.45, 2.75) is 51.6 Å². The van der Waals surface area contributed by atoms with Crippen LogP contribution in [0.25, 0.3) is 0 Å². The molecule has 1 saturated carbocycles. The van der Waals surface area contributed by atoms with Gasteiger partial charge in [0.25, 0.3) is 0 Å². The average molecular weight is 295 g/mol. The van der Waals surface area contributed by atoms with Crippen LogP contribution in [0.2, 0.25) is 0 Å². The maximum Gasteiger partial charge on any atom is 0.329 e. The fraction of sp³-hybridized carbons (Fsp3) is 0.643. The predicted molar refractivity (Wildman–Crippen MR) is 74.6 cm³/mol. The maximum absolute atomic E-state index is 11.9. The lowest BCUT2D eigenvalue weighted by molar-refractivity contribution is -0.146. The standard InChI is InChI=1S/C14H21N3O4/c1-9-3-5-14(6-4-9,12(18)19)17-13(20)16-8-11-15-7-10(2)21-11/h7,9H,3-6,8H2,1-2H3,(H,18,19)(H2,16,17,20). The molecule has 7 heteroatoms. The Morgan fingerprint density at radius 3 is 2.67 bits per heavy atom. The first-order valence-electron chi connectivity index (χ1n) is 7.12. The molecule has 116 valence electrons. The largest absolute Gasteiger partial charge is 0.480 e. The van der Waals surface area contributed by atoms with Gasteiger partial charge in [-0.3, -0.25) is 0 Å². The number of carboxylic acid groups (broad SMARTS) is 1. The number of carboxylic acids is 1. The third kappa shape index (κ3) is 3.74. The second-order valence-corrected chi connectivity index (χ2v) is 5.74. The van der Waals surface area contributed by atoms with Crippen LogP contribution >= 0.6 is 0 Å². The molecule has 0 radical (unpaired) electrons. The zero-order valence-corrected chi connectivity index (χ0v) is 12.3. The van der Waals surface area contributed by atoms with Crippen molar-refractivity contribution in [1.29, 1.82) is 0 Å². The Kier molecular flexibility index (Phi) is 4.50. The first-order chi connectivity index (χ1) is 9.91. The van der Waals surface area contributed by atoms with E-state index < -0.39 is 17.5 Å². The van der Waals surface area contributed by atoms with Crippen molar-refractivity contribution in [2.24, 2.45) is 5.92 Å². The minimum atomic E-state index is -1.16. The monoisotopic (exact) mass is 295 g/mol. The van der Waals surface area contributed by atoms with E-state index in [2.05, 4.69) is 22.5 Å². The summed E-state index contributed by atoms with van der Waals surface area (Å²) in [5, 5.41) is 14.6. The number of amides is 2. The summed E-state index contributed by atoms with van der Waals surface area (Å²) in [5.41, 5.74) is -1.16. The predicted octanol–water partition coefficient (Wildman–Crippen LogP) is 1.82. The highest BCUT2D eigenvalue weighted by Crippen LogP contribution is 2.32. The van der Waals surface area contributed by atoms with E-state index in [1.807, 2.05) is 0 Å². The molecule has 2 amide bonds. The van der Waals surface area contributed by atoms with Crippen LogP contribution in [0.5, 0.6) is 0 Å². The van der Waals surface area contributed by atoms with Gasteiger partial charge in [-0.05, 0) is 38.5 Å². The molecule has 0 saturated heterocycles. The van der Waals surface area contributed by atoms with Gasteiger partial charge in [-0.15, -0.1) is 0 Å². The smallest absolute Gasteiger partial charge is 0.329 e. The summed E-state index contributed by atoms with van der Waals surface area (Å²) in [5.74, 6) is 0.578. The van der Waals surface area contributed by atoms with Crippen molar-refractivity contribution in [3.05, 3.63) is 17.8 Å². The molecule has 21 heavy (non-hydrogen) atoms. The summed E-state index contributed by atoms with van der Waals surface area (Å²) in [6.45, 7) is 3.99. The molecule has 1 aromatic heterocycles. The molecular formula is C14H21N3O4. The molecular weight excluding hydrogens is 274 g/mol. The number of aromatic nitrogens is 1. The normalized spacial score (nSPS) is 25.3. The Labute approximate surface area is 123 Å². The number of hydrogen-bond donors (Lipinski definition) is 3. The van der Waals surface area contributed by atoms with Crippen molar-refractivity contribution in [3.63, 3.8) is 0 Å². The first kappa shape index (κ1) is 15.3. The number of nitrogens with one attached hydrogen (secondary N) is 2. The number of carbonyl (C=O) groups is 2. The van der Waals surface area contributed by atoms with Crippen molar-refractivity contribution in [3.8, 4) is 0 Å². The van der Waals surface area contributed by atoms with Crippen LogP contribution < -0.4 is 10.6 Å². The molecule has 0 unspecified atom stereocenters. The summed E-state index contributed by atoms with van der Waals surface area (Å²) in [7, 11) is 0. The second kappa shape index (κ2) is 6.15. The van der Waals surface area contributed by atoms with Gasteiger partial charge in [0.15, 0.2) is 0 Å². The fourth-order valence-electron chi connectivity index (χ4n) is 2.55. The molecule has 7 nitrogen and oxygen atoms in total. The number of urea groups is 1. The first-order valence-corrected chi connectivity index (χ1v) is 7.12. The Hall–Kier alpha value is -2.05. The summed E-state index contributed by atoms with van der Waals surface area (Å²) < 4.78 is 5.24. The lowest BCUT2D eigenvalue weighted by Gasteiger charge is -2.36. The quantitative estimate of drug-likeness (QED) is 0.786. The lowest BCUT2D eigenvalue weighted by atomic mass is 9.77. The van der Waals surface area contributed by atoms with E-state index in [9.17, 15) is 14.7 Å². The third-order valence-corrected chi connectivity index (χ3v) is 3.96. The maximum atomic E-state index is 11.9. The average Bonchev–Trinajstić information content (AvgIpc) is 2.85. The van der Waals surface area contributed by atoms with Gasteiger partial charge >= 0.3 is 12.0 Å². The van der Waals surface area contributed by atoms with Gasteiger partial charge < -0.3 is 20.2 Å². The van der Waals surface area contributed by atoms with Crippen LogP contribution in [-0.2, 0) is 11.3 Å². The van der Waals surface area contributed by atoms with Gasteiger partial charge in [-0.1, -0.05) is 6.92 Å². The summed E-state index contributed by atoms with van der Waals surface area (Å²) in [4.78, 5) is 27.4. The molecule has 2 rings (SSSR count). The van der Waals surface area contributed by atoms with Crippen LogP contribution in [0.4, 0.5) is 4.79 Å². The highest BCUT2D eigenvalue weighted by Gasteiger charge is 2.42. The lowest BCUT2D eigenvalue weighted by Crippen LogP contribution is -2.58. The molecule has 1 aliphatic rings. The van der Waals surface area contributed by atoms with Crippen molar-refractivity contribution < 1.29 is 19.1 Å². The molecule has 1 fully saturated rings. The van der Waals surface area contributed by atoms with Crippen molar-refractivity contribution in [1.82, 2.24) is 15.6 Å². The summed E-state index contributed by atoms with van der Waals surface area (Å²) >= 11 is 0. The van der Waals surface area contributed by atoms with E-state index in [-0.39, 0.29) is 6.54 Å². The number of aryl methyl sites for hydroxylation is 1. The molecule has 0 spiro atoms. The molecule has 0 atom stereocenters. The zero-order valence-electron chi connectivity index (χ0n) is 12.3. The SMILES string of the molecule is Cc1cnc(CNC(=O)NC2(C(=O)O)CCC(C)CC2)o1. The number of oxazole rings is 1. The van der Waals surface area contributed by atoms with Gasteiger partial charge in [0, 0.05) is 0 Å². The molecule has 0 bridgehead atoms. The van der Waals surface area contributed by atoms with Gasteiger partial charge in [0.2, 0.25) is 5.89 Å². The number of rotatable bonds is 4. The fourth-order valence-corrected chi connectivity index (χ4v) is 2.55. The number of carbonyl (C=O) groups excluding carboxylic acids is 1. The Morgan fingerprint density at radius 1 is 1.48 bits per heavy atom. The minimum Gasteiger partial charge on any atom is -0.480 e. The van der Waals surface area contributed by atoms with Crippen LogP contribution in [-0.4, -0.2) is 27.6 Å². The highest BCUT2D eigenvalue weighted by atomic mass is 16.4. The molecule has 1 aliphatic carbocycles.